The Bertz CT molecular complexity index is 826. The van der Waals surface area contributed by atoms with E-state index in [-0.39, 0.29) is 22.9 Å². The van der Waals surface area contributed by atoms with E-state index in [1.54, 1.807) is 25.1 Å². The van der Waals surface area contributed by atoms with Gasteiger partial charge in [0.2, 0.25) is 0 Å². The molecule has 0 aliphatic carbocycles. The molecule has 2 rings (SSSR count). The zero-order valence-electron chi connectivity index (χ0n) is 15.7. The van der Waals surface area contributed by atoms with Crippen LogP contribution in [0.25, 0.3) is 17.2 Å². The van der Waals surface area contributed by atoms with E-state index >= 15 is 4.39 Å². The van der Waals surface area contributed by atoms with Gasteiger partial charge in [0.15, 0.2) is 5.82 Å². The molecule has 2 aromatic carbocycles. The fraction of sp³-hybridized carbons (Fsp3) is 0.286. The Morgan fingerprint density at radius 2 is 2.07 bits per heavy atom. The number of hydrogen-bond acceptors (Lipinski definition) is 4. The van der Waals surface area contributed by atoms with Crippen molar-refractivity contribution in [2.24, 2.45) is 16.7 Å². The van der Waals surface area contributed by atoms with Crippen molar-refractivity contribution < 1.29 is 8.78 Å². The molecule has 27 heavy (non-hydrogen) atoms. The van der Waals surface area contributed by atoms with Gasteiger partial charge in [0.25, 0.3) is 0 Å². The Morgan fingerprint density at radius 3 is 2.63 bits per heavy atom. The summed E-state index contributed by atoms with van der Waals surface area (Å²) in [4.78, 5) is 0. The van der Waals surface area contributed by atoms with Gasteiger partial charge in [0.05, 0.1) is 11.9 Å². The van der Waals surface area contributed by atoms with E-state index in [0.29, 0.717) is 29.7 Å². The van der Waals surface area contributed by atoms with Crippen LogP contribution < -0.4 is 16.9 Å². The van der Waals surface area contributed by atoms with Crippen LogP contribution in [0.2, 0.25) is 0 Å². The molecule has 5 N–H and O–H groups in total. The minimum absolute atomic E-state index is 0.0252. The maximum atomic E-state index is 15.5. The van der Waals surface area contributed by atoms with Crippen LogP contribution in [-0.2, 0) is 0 Å². The first-order valence-corrected chi connectivity index (χ1v) is 8.92. The second-order valence-electron chi connectivity index (χ2n) is 6.36. The molecular formula is C21H26F2N4. The fourth-order valence-corrected chi connectivity index (χ4v) is 3.18. The summed E-state index contributed by atoms with van der Waals surface area (Å²) in [5, 5.41) is 6.78. The maximum absolute atomic E-state index is 15.5. The number of nitrogens with zero attached hydrogens (tertiary/aromatic N) is 1. The van der Waals surface area contributed by atoms with Gasteiger partial charge in [0.1, 0.15) is 5.82 Å². The largest absolute Gasteiger partial charge is 0.379 e. The van der Waals surface area contributed by atoms with Crippen molar-refractivity contribution in [2.75, 3.05) is 11.9 Å². The molecule has 0 spiro atoms. The highest BCUT2D eigenvalue weighted by atomic mass is 19.1. The van der Waals surface area contributed by atoms with Gasteiger partial charge in [-0.2, -0.15) is 5.10 Å². The number of hydrazone groups is 1. The molecule has 0 fully saturated rings. The summed E-state index contributed by atoms with van der Waals surface area (Å²) in [7, 11) is 0. The molecule has 0 bridgehead atoms. The highest BCUT2D eigenvalue weighted by molar-refractivity contribution is 5.93. The van der Waals surface area contributed by atoms with Gasteiger partial charge in [-0.3, -0.25) is 0 Å². The van der Waals surface area contributed by atoms with Gasteiger partial charge in [-0.25, -0.2) is 8.78 Å². The molecule has 0 amide bonds. The molecule has 144 valence electrons. The van der Waals surface area contributed by atoms with Gasteiger partial charge < -0.3 is 16.9 Å². The zero-order chi connectivity index (χ0) is 20.0. The zero-order valence-corrected chi connectivity index (χ0v) is 15.7. The molecule has 0 saturated carbocycles. The lowest BCUT2D eigenvalue weighted by Gasteiger charge is -2.23. The van der Waals surface area contributed by atoms with Crippen LogP contribution >= 0.6 is 0 Å². The first-order valence-electron chi connectivity index (χ1n) is 8.92. The number of rotatable bonds is 8. The summed E-state index contributed by atoms with van der Waals surface area (Å²) in [5.41, 5.74) is 7.99. The number of anilines is 1. The number of hydrogen-bond donors (Lipinski definition) is 3. The third-order valence-corrected chi connectivity index (χ3v) is 4.60. The topological polar surface area (TPSA) is 76.4 Å². The van der Waals surface area contributed by atoms with Gasteiger partial charge in [-0.05, 0) is 44.0 Å². The van der Waals surface area contributed by atoms with Crippen molar-refractivity contribution in [3.8, 4) is 11.1 Å². The van der Waals surface area contributed by atoms with Crippen LogP contribution in [0, 0.1) is 18.6 Å². The predicted octanol–water partition coefficient (Wildman–Crippen LogP) is 4.42. The smallest absolute Gasteiger partial charge is 0.154 e. The summed E-state index contributed by atoms with van der Waals surface area (Å²) in [6, 6.07) is 6.17. The van der Waals surface area contributed by atoms with E-state index in [1.807, 2.05) is 6.92 Å². The van der Waals surface area contributed by atoms with E-state index in [2.05, 4.69) is 17.0 Å². The van der Waals surface area contributed by atoms with E-state index < -0.39 is 11.6 Å². The van der Waals surface area contributed by atoms with E-state index in [9.17, 15) is 4.39 Å². The number of nitrogens with two attached hydrogens (primary N) is 2. The number of nitrogens with one attached hydrogen (secondary N) is 1. The second kappa shape index (κ2) is 9.28. The van der Waals surface area contributed by atoms with Crippen molar-refractivity contribution in [3.63, 3.8) is 0 Å². The highest BCUT2D eigenvalue weighted by Gasteiger charge is 2.22. The van der Waals surface area contributed by atoms with Crippen molar-refractivity contribution in [2.45, 2.75) is 32.7 Å². The molecule has 0 aliphatic heterocycles. The lowest BCUT2D eigenvalue weighted by atomic mass is 9.93. The van der Waals surface area contributed by atoms with Crippen molar-refractivity contribution in [3.05, 3.63) is 59.2 Å². The van der Waals surface area contributed by atoms with Crippen LogP contribution in [0.15, 0.2) is 35.9 Å². The molecule has 4 nitrogen and oxygen atoms in total. The summed E-state index contributed by atoms with van der Waals surface area (Å²) < 4.78 is 30.1. The molecule has 1 unspecified atom stereocenters. The number of halogens is 2. The van der Waals surface area contributed by atoms with Gasteiger partial charge in [-0.15, -0.1) is 0 Å². The van der Waals surface area contributed by atoms with E-state index in [4.69, 9.17) is 11.6 Å². The van der Waals surface area contributed by atoms with Crippen LogP contribution in [0.5, 0.6) is 0 Å². The molecule has 6 heteroatoms. The third-order valence-electron chi connectivity index (χ3n) is 4.60. The molecule has 0 aliphatic rings. The summed E-state index contributed by atoms with van der Waals surface area (Å²) in [5.74, 6) is 4.30. The monoisotopic (exact) mass is 372 g/mol. The molecule has 0 aromatic heterocycles. The molecule has 0 radical (unpaired) electrons. The number of benzene rings is 2. The Balaban J connectivity index is 2.77. The maximum Gasteiger partial charge on any atom is 0.154 e. The van der Waals surface area contributed by atoms with Crippen LogP contribution in [-0.4, -0.2) is 18.8 Å². The van der Waals surface area contributed by atoms with Crippen molar-refractivity contribution >= 4 is 18.0 Å². The van der Waals surface area contributed by atoms with E-state index in [0.717, 1.165) is 6.42 Å². The van der Waals surface area contributed by atoms with Crippen molar-refractivity contribution in [1.82, 2.24) is 0 Å². The van der Waals surface area contributed by atoms with Gasteiger partial charge >= 0.3 is 0 Å². The third kappa shape index (κ3) is 4.34. The van der Waals surface area contributed by atoms with Gasteiger partial charge in [-0.1, -0.05) is 31.7 Å². The highest BCUT2D eigenvalue weighted by Crippen LogP contribution is 2.37. The SMILES string of the molecule is C=Cc1c(/C=N\N)cc(-c2c(C)cccc2F)c(F)c1NC(CC)CCN. The quantitative estimate of drug-likeness (QED) is 0.365. The fourth-order valence-electron chi connectivity index (χ4n) is 3.18. The number of aryl methyl sites for hydroxylation is 1. The standard InChI is InChI=1S/C21H26F2N4/c1-4-15(9-10-24)27-21-16(5-2)14(12-26-25)11-17(20(21)23)19-13(3)7-6-8-18(19)22/h5-8,11-12,15,27H,2,4,9-10,24-25H2,1,3H3/b26-12-. The Morgan fingerprint density at radius 1 is 1.33 bits per heavy atom. The van der Waals surface area contributed by atoms with Crippen molar-refractivity contribution in [1.29, 1.82) is 0 Å². The second-order valence-corrected chi connectivity index (χ2v) is 6.36. The molecular weight excluding hydrogens is 346 g/mol. The van der Waals surface area contributed by atoms with Gasteiger partial charge in [0, 0.05) is 28.3 Å². The Hall–Kier alpha value is -2.73. The molecule has 0 saturated heterocycles. The molecule has 2 aromatic rings. The summed E-state index contributed by atoms with van der Waals surface area (Å²) >= 11 is 0. The van der Waals surface area contributed by atoms with Crippen LogP contribution in [0.4, 0.5) is 14.5 Å². The lowest BCUT2D eigenvalue weighted by Crippen LogP contribution is -2.24. The predicted molar refractivity (Wildman–Crippen MR) is 110 cm³/mol. The minimum atomic E-state index is -0.539. The normalized spacial score (nSPS) is 12.3. The lowest BCUT2D eigenvalue weighted by molar-refractivity contribution is 0.604. The minimum Gasteiger partial charge on any atom is -0.379 e. The Kier molecular flexibility index (Phi) is 7.07. The summed E-state index contributed by atoms with van der Waals surface area (Å²) in [6.45, 7) is 7.99. The van der Waals surface area contributed by atoms with E-state index in [1.165, 1.54) is 18.4 Å². The molecule has 0 heterocycles. The Labute approximate surface area is 159 Å². The first kappa shape index (κ1) is 20.6. The average molecular weight is 372 g/mol. The van der Waals surface area contributed by atoms with Crippen LogP contribution in [0.3, 0.4) is 0 Å². The first-order chi connectivity index (χ1) is 13.0. The summed E-state index contributed by atoms with van der Waals surface area (Å²) in [6.07, 6.45) is 4.38. The van der Waals surface area contributed by atoms with Crippen LogP contribution in [0.1, 0.15) is 36.5 Å². The average Bonchev–Trinajstić information content (AvgIpc) is 2.64. The molecule has 1 atom stereocenters.